The minimum Gasteiger partial charge on any atom is -0.353 e. The maximum atomic E-state index is 13.0. The Kier molecular flexibility index (Phi) is 7.92. The van der Waals surface area contributed by atoms with E-state index in [-0.39, 0.29) is 18.2 Å². The fourth-order valence-corrected chi connectivity index (χ4v) is 4.57. The highest BCUT2D eigenvalue weighted by Gasteiger charge is 2.31. The number of amides is 2. The van der Waals surface area contributed by atoms with Gasteiger partial charge in [-0.15, -0.1) is 0 Å². The van der Waals surface area contributed by atoms with Crippen LogP contribution in [0.3, 0.4) is 0 Å². The fraction of sp³-hybridized carbons (Fsp3) is 0.407. The number of likely N-dealkylation sites (N-methyl/N-ethyl adjacent to an activating group) is 1. The molecule has 33 heavy (non-hydrogen) atoms. The number of hydrogen-bond donors (Lipinski definition) is 1. The van der Waals surface area contributed by atoms with E-state index in [0.717, 1.165) is 38.2 Å². The third kappa shape index (κ3) is 6.30. The number of piperazine rings is 1. The average molecular weight is 447 g/mol. The Balaban J connectivity index is 1.27. The van der Waals surface area contributed by atoms with Crippen molar-refractivity contribution in [2.45, 2.75) is 25.4 Å². The molecular weight excluding hydrogens is 412 g/mol. The zero-order valence-corrected chi connectivity index (χ0v) is 19.5. The van der Waals surface area contributed by atoms with Gasteiger partial charge < -0.3 is 10.2 Å². The maximum absolute atomic E-state index is 13.0. The Morgan fingerprint density at radius 2 is 1.85 bits per heavy atom. The monoisotopic (exact) mass is 446 g/mol. The number of nitrogens with zero attached hydrogens (tertiary/aromatic N) is 3. The van der Waals surface area contributed by atoms with Crippen molar-refractivity contribution in [2.75, 3.05) is 46.3 Å². The van der Waals surface area contributed by atoms with Gasteiger partial charge in [0, 0.05) is 52.9 Å². The lowest BCUT2D eigenvalue weighted by Gasteiger charge is -2.35. The van der Waals surface area contributed by atoms with Gasteiger partial charge in [0.05, 0.1) is 12.5 Å². The standard InChI is InChI=1S/C27H34N4O2/c1-29(18-19-30-16-13-23-11-5-6-12-24(23)21-30)26(32)20-25-27(33)28-14-17-31(25)15-7-10-22-8-3-2-4-9-22/h2-12,25H,13-21H2,1H3,(H,28,33)/b10-7+. The summed E-state index contributed by atoms with van der Waals surface area (Å²) in [5, 5.41) is 2.92. The van der Waals surface area contributed by atoms with E-state index in [1.165, 1.54) is 11.1 Å². The summed E-state index contributed by atoms with van der Waals surface area (Å²) in [5.41, 5.74) is 3.95. The lowest BCUT2D eigenvalue weighted by molar-refractivity contribution is -0.138. The Morgan fingerprint density at radius 3 is 2.67 bits per heavy atom. The van der Waals surface area contributed by atoms with E-state index < -0.39 is 6.04 Å². The zero-order chi connectivity index (χ0) is 23.0. The molecule has 6 heteroatoms. The van der Waals surface area contributed by atoms with Crippen LogP contribution in [0.4, 0.5) is 0 Å². The van der Waals surface area contributed by atoms with E-state index in [1.807, 2.05) is 25.2 Å². The summed E-state index contributed by atoms with van der Waals surface area (Å²) < 4.78 is 0. The molecule has 1 N–H and O–H groups in total. The van der Waals surface area contributed by atoms with Gasteiger partial charge in [0.25, 0.3) is 0 Å². The van der Waals surface area contributed by atoms with E-state index in [9.17, 15) is 9.59 Å². The van der Waals surface area contributed by atoms with Gasteiger partial charge in [-0.3, -0.25) is 19.4 Å². The molecule has 2 aliphatic rings. The summed E-state index contributed by atoms with van der Waals surface area (Å²) in [6, 6.07) is 18.3. The third-order valence-corrected chi connectivity index (χ3v) is 6.65. The largest absolute Gasteiger partial charge is 0.353 e. The van der Waals surface area contributed by atoms with E-state index in [2.05, 4.69) is 63.7 Å². The molecule has 1 saturated heterocycles. The van der Waals surface area contributed by atoms with Crippen LogP contribution in [0.2, 0.25) is 0 Å². The number of rotatable bonds is 8. The Bertz CT molecular complexity index is 975. The first-order valence-electron chi connectivity index (χ1n) is 11.9. The van der Waals surface area contributed by atoms with Gasteiger partial charge in [-0.05, 0) is 23.1 Å². The van der Waals surface area contributed by atoms with Crippen molar-refractivity contribution in [3.8, 4) is 0 Å². The molecule has 4 rings (SSSR count). The van der Waals surface area contributed by atoms with Crippen molar-refractivity contribution < 1.29 is 9.59 Å². The van der Waals surface area contributed by atoms with Crippen molar-refractivity contribution in [2.24, 2.45) is 0 Å². The summed E-state index contributed by atoms with van der Waals surface area (Å²) in [4.78, 5) is 31.8. The minimum absolute atomic E-state index is 0.0199. The van der Waals surface area contributed by atoms with Crippen LogP contribution in [-0.4, -0.2) is 78.9 Å². The Hall–Kier alpha value is -2.96. The molecule has 2 aromatic rings. The van der Waals surface area contributed by atoms with Crippen LogP contribution in [0.25, 0.3) is 6.08 Å². The van der Waals surface area contributed by atoms with E-state index in [1.54, 1.807) is 4.90 Å². The smallest absolute Gasteiger partial charge is 0.237 e. The van der Waals surface area contributed by atoms with Gasteiger partial charge >= 0.3 is 0 Å². The zero-order valence-electron chi connectivity index (χ0n) is 19.5. The van der Waals surface area contributed by atoms with E-state index in [4.69, 9.17) is 0 Å². The first-order chi connectivity index (χ1) is 16.1. The SMILES string of the molecule is CN(CCN1CCc2ccccc2C1)C(=O)CC1C(=O)NCCN1C/C=C/c1ccccc1. The number of carbonyl (C=O) groups is 2. The lowest BCUT2D eigenvalue weighted by atomic mass is 10.00. The Labute approximate surface area is 196 Å². The molecule has 2 aliphatic heterocycles. The van der Waals surface area contributed by atoms with Crippen molar-refractivity contribution >= 4 is 17.9 Å². The van der Waals surface area contributed by atoms with E-state index in [0.29, 0.717) is 19.6 Å². The molecule has 1 unspecified atom stereocenters. The Morgan fingerprint density at radius 1 is 1.09 bits per heavy atom. The molecular formula is C27H34N4O2. The van der Waals surface area contributed by atoms with Crippen LogP contribution in [0, 0.1) is 0 Å². The fourth-order valence-electron chi connectivity index (χ4n) is 4.57. The number of fused-ring (bicyclic) bond motifs is 1. The maximum Gasteiger partial charge on any atom is 0.237 e. The molecule has 0 spiro atoms. The predicted octanol–water partition coefficient (Wildman–Crippen LogP) is 2.41. The van der Waals surface area contributed by atoms with Crippen LogP contribution in [0.15, 0.2) is 60.7 Å². The first kappa shape index (κ1) is 23.2. The summed E-state index contributed by atoms with van der Waals surface area (Å²) in [7, 11) is 1.85. The van der Waals surface area contributed by atoms with Crippen LogP contribution in [-0.2, 0) is 22.6 Å². The predicted molar refractivity (Wildman–Crippen MR) is 132 cm³/mol. The molecule has 0 bridgehead atoms. The van der Waals surface area contributed by atoms with E-state index >= 15 is 0 Å². The molecule has 2 amide bonds. The quantitative estimate of drug-likeness (QED) is 0.677. The second-order valence-corrected chi connectivity index (χ2v) is 8.93. The van der Waals surface area contributed by atoms with Crippen LogP contribution >= 0.6 is 0 Å². The second-order valence-electron chi connectivity index (χ2n) is 8.93. The topological polar surface area (TPSA) is 55.9 Å². The van der Waals surface area contributed by atoms with Gasteiger partial charge in [-0.2, -0.15) is 0 Å². The van der Waals surface area contributed by atoms with Crippen LogP contribution in [0.1, 0.15) is 23.1 Å². The number of nitrogens with one attached hydrogen (secondary N) is 1. The van der Waals surface area contributed by atoms with Gasteiger partial charge in [0.2, 0.25) is 11.8 Å². The van der Waals surface area contributed by atoms with Gasteiger partial charge in [0.1, 0.15) is 0 Å². The van der Waals surface area contributed by atoms with Gasteiger partial charge in [0.15, 0.2) is 0 Å². The molecule has 6 nitrogen and oxygen atoms in total. The lowest BCUT2D eigenvalue weighted by Crippen LogP contribution is -2.56. The highest BCUT2D eigenvalue weighted by Crippen LogP contribution is 2.18. The second kappa shape index (κ2) is 11.3. The molecule has 0 aliphatic carbocycles. The molecule has 0 aromatic heterocycles. The van der Waals surface area contributed by atoms with Crippen molar-refractivity contribution in [3.05, 3.63) is 77.4 Å². The number of hydrogen-bond acceptors (Lipinski definition) is 4. The average Bonchev–Trinajstić information content (AvgIpc) is 2.85. The summed E-state index contributed by atoms with van der Waals surface area (Å²) >= 11 is 0. The van der Waals surface area contributed by atoms with Gasteiger partial charge in [-0.1, -0.05) is 66.7 Å². The molecule has 2 aromatic carbocycles. The molecule has 0 radical (unpaired) electrons. The summed E-state index contributed by atoms with van der Waals surface area (Å²) in [5.74, 6) is -0.0322. The molecule has 1 fully saturated rings. The summed E-state index contributed by atoms with van der Waals surface area (Å²) in [6.07, 6.45) is 5.41. The van der Waals surface area contributed by atoms with Crippen molar-refractivity contribution in [3.63, 3.8) is 0 Å². The van der Waals surface area contributed by atoms with Gasteiger partial charge in [-0.25, -0.2) is 0 Å². The third-order valence-electron chi connectivity index (χ3n) is 6.65. The normalized spacial score (nSPS) is 19.3. The van der Waals surface area contributed by atoms with Crippen LogP contribution in [0.5, 0.6) is 0 Å². The highest BCUT2D eigenvalue weighted by molar-refractivity contribution is 5.88. The highest BCUT2D eigenvalue weighted by atomic mass is 16.2. The molecule has 1 atom stereocenters. The summed E-state index contributed by atoms with van der Waals surface area (Å²) in [6.45, 7) is 5.49. The number of benzene rings is 2. The first-order valence-corrected chi connectivity index (χ1v) is 11.9. The van der Waals surface area contributed by atoms with Crippen molar-refractivity contribution in [1.29, 1.82) is 0 Å². The molecule has 0 saturated carbocycles. The van der Waals surface area contributed by atoms with Crippen LogP contribution < -0.4 is 5.32 Å². The molecule has 174 valence electrons. The number of carbonyl (C=O) groups excluding carboxylic acids is 2. The molecule has 2 heterocycles. The minimum atomic E-state index is -0.420. The van der Waals surface area contributed by atoms with Crippen molar-refractivity contribution in [1.82, 2.24) is 20.0 Å².